The quantitative estimate of drug-likeness (QED) is 0.803. The Labute approximate surface area is 101 Å². The highest BCUT2D eigenvalue weighted by atomic mass is 32.1. The molecular weight excluding hydrogens is 220 g/mol. The van der Waals surface area contributed by atoms with Crippen molar-refractivity contribution < 1.29 is 4.74 Å². The molecule has 2 N–H and O–H groups in total. The van der Waals surface area contributed by atoms with Gasteiger partial charge in [-0.05, 0) is 19.3 Å². The van der Waals surface area contributed by atoms with Crippen molar-refractivity contribution >= 4 is 11.3 Å². The van der Waals surface area contributed by atoms with Gasteiger partial charge in [-0.3, -0.25) is 0 Å². The fourth-order valence-electron chi connectivity index (χ4n) is 2.33. The van der Waals surface area contributed by atoms with E-state index in [0.717, 1.165) is 25.9 Å². The molecule has 0 bridgehead atoms. The molecule has 0 spiro atoms. The molecule has 0 aliphatic heterocycles. The summed E-state index contributed by atoms with van der Waals surface area (Å²) in [6.07, 6.45) is 5.70. The van der Waals surface area contributed by atoms with Gasteiger partial charge in [-0.1, -0.05) is 6.42 Å². The standard InChI is InChI=1S/C12H20N2OS/c1-15-7-3-6-12-14-11(8-16-12)9-4-2-5-10(9)13/h8-10H,2-7,13H2,1H3. The lowest BCUT2D eigenvalue weighted by Gasteiger charge is -2.11. The number of aromatic nitrogens is 1. The largest absolute Gasteiger partial charge is 0.385 e. The van der Waals surface area contributed by atoms with Crippen LogP contribution in [0, 0.1) is 0 Å². The first kappa shape index (κ1) is 12.0. The average molecular weight is 240 g/mol. The number of nitrogens with zero attached hydrogens (tertiary/aromatic N) is 1. The predicted octanol–water partition coefficient (Wildman–Crippen LogP) is 2.32. The van der Waals surface area contributed by atoms with E-state index in [1.165, 1.54) is 23.5 Å². The van der Waals surface area contributed by atoms with Gasteiger partial charge in [-0.15, -0.1) is 11.3 Å². The molecule has 2 atom stereocenters. The second kappa shape index (κ2) is 5.75. The molecule has 1 saturated carbocycles. The lowest BCUT2D eigenvalue weighted by molar-refractivity contribution is 0.195. The van der Waals surface area contributed by atoms with Gasteiger partial charge in [-0.2, -0.15) is 0 Å². The molecule has 1 aromatic heterocycles. The summed E-state index contributed by atoms with van der Waals surface area (Å²) in [6.45, 7) is 0.817. The maximum absolute atomic E-state index is 6.09. The first-order valence-corrected chi connectivity index (χ1v) is 6.88. The van der Waals surface area contributed by atoms with Gasteiger partial charge in [0.1, 0.15) is 0 Å². The SMILES string of the molecule is COCCCc1nc(C2CCCC2N)cs1. The topological polar surface area (TPSA) is 48.1 Å². The Morgan fingerprint density at radius 3 is 3.12 bits per heavy atom. The van der Waals surface area contributed by atoms with Gasteiger partial charge in [0, 0.05) is 37.5 Å². The summed E-state index contributed by atoms with van der Waals surface area (Å²) in [5.74, 6) is 0.507. The van der Waals surface area contributed by atoms with Crippen LogP contribution in [0.25, 0.3) is 0 Å². The van der Waals surface area contributed by atoms with Gasteiger partial charge in [0.15, 0.2) is 0 Å². The van der Waals surface area contributed by atoms with Crippen molar-refractivity contribution in [1.82, 2.24) is 4.98 Å². The van der Waals surface area contributed by atoms with Gasteiger partial charge >= 0.3 is 0 Å². The van der Waals surface area contributed by atoms with Crippen LogP contribution in [0.1, 0.15) is 42.3 Å². The van der Waals surface area contributed by atoms with Crippen LogP contribution < -0.4 is 5.73 Å². The molecule has 1 aliphatic rings. The van der Waals surface area contributed by atoms with Gasteiger partial charge in [0.25, 0.3) is 0 Å². The van der Waals surface area contributed by atoms with Gasteiger partial charge < -0.3 is 10.5 Å². The second-order valence-corrected chi connectivity index (χ2v) is 5.41. The maximum Gasteiger partial charge on any atom is 0.0929 e. The van der Waals surface area contributed by atoms with Crippen molar-refractivity contribution in [1.29, 1.82) is 0 Å². The van der Waals surface area contributed by atoms with Crippen LogP contribution in [0.4, 0.5) is 0 Å². The van der Waals surface area contributed by atoms with Crippen molar-refractivity contribution in [2.75, 3.05) is 13.7 Å². The van der Waals surface area contributed by atoms with Crippen molar-refractivity contribution in [2.45, 2.75) is 44.1 Å². The van der Waals surface area contributed by atoms with E-state index in [2.05, 4.69) is 5.38 Å². The number of hydrogen-bond donors (Lipinski definition) is 1. The van der Waals surface area contributed by atoms with Crippen LogP contribution in [0.5, 0.6) is 0 Å². The summed E-state index contributed by atoms with van der Waals surface area (Å²) in [6, 6.07) is 0.328. The highest BCUT2D eigenvalue weighted by molar-refractivity contribution is 7.09. The predicted molar refractivity (Wildman–Crippen MR) is 66.9 cm³/mol. The molecule has 90 valence electrons. The number of ether oxygens (including phenoxy) is 1. The first-order chi connectivity index (χ1) is 7.81. The summed E-state index contributed by atoms with van der Waals surface area (Å²) >= 11 is 1.77. The molecule has 16 heavy (non-hydrogen) atoms. The molecule has 0 radical (unpaired) electrons. The minimum Gasteiger partial charge on any atom is -0.385 e. The molecule has 0 saturated heterocycles. The zero-order valence-corrected chi connectivity index (χ0v) is 10.6. The molecule has 4 heteroatoms. The Bertz CT molecular complexity index is 327. The average Bonchev–Trinajstić information content (AvgIpc) is 2.87. The van der Waals surface area contributed by atoms with Crippen LogP contribution in [0.2, 0.25) is 0 Å². The molecular formula is C12H20N2OS. The van der Waals surface area contributed by atoms with E-state index in [9.17, 15) is 0 Å². The lowest BCUT2D eigenvalue weighted by Crippen LogP contribution is -2.22. The Hall–Kier alpha value is -0.450. The number of rotatable bonds is 5. The number of thiazole rings is 1. The highest BCUT2D eigenvalue weighted by Gasteiger charge is 2.27. The van der Waals surface area contributed by atoms with E-state index in [-0.39, 0.29) is 0 Å². The molecule has 1 fully saturated rings. The Morgan fingerprint density at radius 2 is 2.44 bits per heavy atom. The Morgan fingerprint density at radius 1 is 1.56 bits per heavy atom. The van der Waals surface area contributed by atoms with Crippen molar-refractivity contribution in [3.63, 3.8) is 0 Å². The van der Waals surface area contributed by atoms with Gasteiger partial charge in [-0.25, -0.2) is 4.98 Å². The molecule has 3 nitrogen and oxygen atoms in total. The van der Waals surface area contributed by atoms with Crippen LogP contribution in [-0.4, -0.2) is 24.7 Å². The highest BCUT2D eigenvalue weighted by Crippen LogP contribution is 2.33. The molecule has 2 rings (SSSR count). The number of hydrogen-bond acceptors (Lipinski definition) is 4. The molecule has 1 aliphatic carbocycles. The first-order valence-electron chi connectivity index (χ1n) is 6.00. The van der Waals surface area contributed by atoms with Gasteiger partial charge in [0.2, 0.25) is 0 Å². The number of aryl methyl sites for hydroxylation is 1. The maximum atomic E-state index is 6.09. The Balaban J connectivity index is 1.91. The van der Waals surface area contributed by atoms with Crippen molar-refractivity contribution in [3.05, 3.63) is 16.1 Å². The van der Waals surface area contributed by atoms with Gasteiger partial charge in [0.05, 0.1) is 10.7 Å². The summed E-state index contributed by atoms with van der Waals surface area (Å²) < 4.78 is 5.04. The molecule has 1 aromatic rings. The summed E-state index contributed by atoms with van der Waals surface area (Å²) in [4.78, 5) is 4.70. The third-order valence-electron chi connectivity index (χ3n) is 3.26. The van der Waals surface area contributed by atoms with E-state index < -0.39 is 0 Å². The van der Waals surface area contributed by atoms with E-state index in [1.807, 2.05) is 0 Å². The number of methoxy groups -OCH3 is 1. The molecule has 1 heterocycles. The van der Waals surface area contributed by atoms with Crippen LogP contribution in [-0.2, 0) is 11.2 Å². The molecule has 0 aromatic carbocycles. The normalized spacial score (nSPS) is 25.1. The summed E-state index contributed by atoms with van der Waals surface area (Å²) in [5.41, 5.74) is 7.31. The van der Waals surface area contributed by atoms with E-state index >= 15 is 0 Å². The minimum atomic E-state index is 0.328. The third kappa shape index (κ3) is 2.81. The van der Waals surface area contributed by atoms with Crippen LogP contribution in [0.15, 0.2) is 5.38 Å². The monoisotopic (exact) mass is 240 g/mol. The van der Waals surface area contributed by atoms with Crippen molar-refractivity contribution in [3.8, 4) is 0 Å². The van der Waals surface area contributed by atoms with Crippen LogP contribution in [0.3, 0.4) is 0 Å². The van der Waals surface area contributed by atoms with Crippen molar-refractivity contribution in [2.24, 2.45) is 5.73 Å². The van der Waals surface area contributed by atoms with E-state index in [0.29, 0.717) is 12.0 Å². The zero-order chi connectivity index (χ0) is 11.4. The fraction of sp³-hybridized carbons (Fsp3) is 0.750. The molecule has 2 unspecified atom stereocenters. The van der Waals surface area contributed by atoms with E-state index in [4.69, 9.17) is 15.5 Å². The van der Waals surface area contributed by atoms with Crippen LogP contribution >= 0.6 is 11.3 Å². The number of nitrogens with two attached hydrogens (primary N) is 1. The zero-order valence-electron chi connectivity index (χ0n) is 9.82. The smallest absolute Gasteiger partial charge is 0.0929 e. The second-order valence-electron chi connectivity index (χ2n) is 4.46. The summed E-state index contributed by atoms with van der Waals surface area (Å²) in [7, 11) is 1.74. The molecule has 0 amide bonds. The lowest BCUT2D eigenvalue weighted by atomic mass is 10.0. The van der Waals surface area contributed by atoms with E-state index in [1.54, 1.807) is 18.4 Å². The fourth-order valence-corrected chi connectivity index (χ4v) is 3.24. The Kier molecular flexibility index (Phi) is 4.32. The third-order valence-corrected chi connectivity index (χ3v) is 4.18. The summed E-state index contributed by atoms with van der Waals surface area (Å²) in [5, 5.41) is 3.42. The minimum absolute atomic E-state index is 0.328.